The first kappa shape index (κ1) is 13.6. The van der Waals surface area contributed by atoms with Gasteiger partial charge in [-0.1, -0.05) is 35.3 Å². The standard InChI is InChI=1S/C12H9Cl2N3O2/c13-9-3-1-2-8(4-9)7-15-12-6-10(17(18)19)5-11(14)16-12/h1-6H,7H2,(H,15,16). The molecule has 0 unspecified atom stereocenters. The quantitative estimate of drug-likeness (QED) is 0.528. The first-order valence-electron chi connectivity index (χ1n) is 5.35. The summed E-state index contributed by atoms with van der Waals surface area (Å²) in [7, 11) is 0. The molecule has 0 atom stereocenters. The Morgan fingerprint density at radius 3 is 2.74 bits per heavy atom. The minimum Gasteiger partial charge on any atom is -0.366 e. The third kappa shape index (κ3) is 3.81. The van der Waals surface area contributed by atoms with Gasteiger partial charge in [-0.3, -0.25) is 10.1 Å². The molecule has 0 aliphatic carbocycles. The Bertz CT molecular complexity index is 620. The Morgan fingerprint density at radius 1 is 1.26 bits per heavy atom. The molecule has 0 spiro atoms. The van der Waals surface area contributed by atoms with E-state index >= 15 is 0 Å². The molecule has 1 heterocycles. The van der Waals surface area contributed by atoms with Crippen molar-refractivity contribution in [2.75, 3.05) is 5.32 Å². The molecule has 2 rings (SSSR count). The molecule has 0 bridgehead atoms. The Hall–Kier alpha value is -1.85. The number of pyridine rings is 1. The van der Waals surface area contributed by atoms with Crippen LogP contribution in [0.2, 0.25) is 10.2 Å². The van der Waals surface area contributed by atoms with E-state index in [1.807, 2.05) is 12.1 Å². The Morgan fingerprint density at radius 2 is 2.05 bits per heavy atom. The Labute approximate surface area is 119 Å². The summed E-state index contributed by atoms with van der Waals surface area (Å²) in [4.78, 5) is 14.2. The van der Waals surface area contributed by atoms with Crippen molar-refractivity contribution in [3.8, 4) is 0 Å². The van der Waals surface area contributed by atoms with Crippen LogP contribution in [-0.4, -0.2) is 9.91 Å². The smallest absolute Gasteiger partial charge is 0.276 e. The minimum absolute atomic E-state index is 0.0720. The second-order valence-corrected chi connectivity index (χ2v) is 4.60. The zero-order valence-corrected chi connectivity index (χ0v) is 11.1. The van der Waals surface area contributed by atoms with E-state index < -0.39 is 4.92 Å². The van der Waals surface area contributed by atoms with Crippen LogP contribution in [0.25, 0.3) is 0 Å². The van der Waals surface area contributed by atoms with Gasteiger partial charge >= 0.3 is 0 Å². The molecule has 0 saturated carbocycles. The Balaban J connectivity index is 2.13. The third-order valence-electron chi connectivity index (χ3n) is 2.35. The van der Waals surface area contributed by atoms with Crippen LogP contribution in [0.5, 0.6) is 0 Å². The molecule has 1 aromatic heterocycles. The van der Waals surface area contributed by atoms with Gasteiger partial charge in [0, 0.05) is 11.6 Å². The lowest BCUT2D eigenvalue weighted by atomic mass is 10.2. The molecule has 98 valence electrons. The van der Waals surface area contributed by atoms with E-state index in [4.69, 9.17) is 23.2 Å². The summed E-state index contributed by atoms with van der Waals surface area (Å²) in [6.45, 7) is 0.449. The van der Waals surface area contributed by atoms with Crippen LogP contribution in [0.3, 0.4) is 0 Å². The van der Waals surface area contributed by atoms with Crippen LogP contribution in [0.4, 0.5) is 11.5 Å². The molecular weight excluding hydrogens is 289 g/mol. The minimum atomic E-state index is -0.516. The molecule has 1 aromatic carbocycles. The molecule has 0 saturated heterocycles. The first-order chi connectivity index (χ1) is 9.04. The summed E-state index contributed by atoms with van der Waals surface area (Å²) < 4.78 is 0. The number of halogens is 2. The maximum Gasteiger partial charge on any atom is 0.276 e. The molecule has 2 aromatic rings. The maximum absolute atomic E-state index is 10.7. The van der Waals surface area contributed by atoms with Crippen LogP contribution < -0.4 is 5.32 Å². The predicted octanol–water partition coefficient (Wildman–Crippen LogP) is 3.91. The number of hydrogen-bond donors (Lipinski definition) is 1. The van der Waals surface area contributed by atoms with Crippen molar-refractivity contribution < 1.29 is 4.92 Å². The number of benzene rings is 1. The summed E-state index contributed by atoms with van der Waals surface area (Å²) in [5.74, 6) is 0.346. The number of hydrogen-bond acceptors (Lipinski definition) is 4. The number of anilines is 1. The van der Waals surface area contributed by atoms with Crippen LogP contribution in [0, 0.1) is 10.1 Å². The maximum atomic E-state index is 10.7. The lowest BCUT2D eigenvalue weighted by molar-refractivity contribution is -0.384. The number of nitro groups is 1. The molecule has 0 aliphatic heterocycles. The molecule has 0 amide bonds. The van der Waals surface area contributed by atoms with Gasteiger partial charge in [0.2, 0.25) is 0 Å². The van der Waals surface area contributed by atoms with Gasteiger partial charge in [-0.25, -0.2) is 4.98 Å². The van der Waals surface area contributed by atoms with E-state index in [1.165, 1.54) is 12.1 Å². The fraction of sp³-hybridized carbons (Fsp3) is 0.0833. The van der Waals surface area contributed by atoms with Crippen molar-refractivity contribution >= 4 is 34.7 Å². The molecular formula is C12H9Cl2N3O2. The summed E-state index contributed by atoms with van der Waals surface area (Å²) in [6, 6.07) is 9.81. The summed E-state index contributed by atoms with van der Waals surface area (Å²) in [5.41, 5.74) is 0.838. The number of rotatable bonds is 4. The largest absolute Gasteiger partial charge is 0.366 e. The molecule has 0 radical (unpaired) electrons. The molecule has 0 fully saturated rings. The average molecular weight is 298 g/mol. The molecule has 1 N–H and O–H groups in total. The number of nitrogens with zero attached hydrogens (tertiary/aromatic N) is 2. The molecule has 0 aliphatic rings. The van der Waals surface area contributed by atoms with E-state index in [2.05, 4.69) is 10.3 Å². The van der Waals surface area contributed by atoms with Crippen molar-refractivity contribution in [1.82, 2.24) is 4.98 Å². The van der Waals surface area contributed by atoms with E-state index in [9.17, 15) is 10.1 Å². The lowest BCUT2D eigenvalue weighted by Gasteiger charge is -2.06. The zero-order valence-electron chi connectivity index (χ0n) is 9.64. The summed E-state index contributed by atoms with van der Waals surface area (Å²) in [6.07, 6.45) is 0. The van der Waals surface area contributed by atoms with Gasteiger partial charge in [-0.15, -0.1) is 0 Å². The number of nitrogens with one attached hydrogen (secondary N) is 1. The third-order valence-corrected chi connectivity index (χ3v) is 2.78. The summed E-state index contributed by atoms with van der Waals surface area (Å²) in [5, 5.41) is 14.4. The summed E-state index contributed by atoms with van der Waals surface area (Å²) >= 11 is 11.6. The van der Waals surface area contributed by atoms with Gasteiger partial charge < -0.3 is 5.32 Å². The van der Waals surface area contributed by atoms with Gasteiger partial charge in [0.25, 0.3) is 5.69 Å². The van der Waals surface area contributed by atoms with Crippen molar-refractivity contribution in [2.45, 2.75) is 6.54 Å². The normalized spacial score (nSPS) is 10.2. The SMILES string of the molecule is O=[N+]([O-])c1cc(Cl)nc(NCc2cccc(Cl)c2)c1. The molecule has 5 nitrogen and oxygen atoms in total. The Kier molecular flexibility index (Phi) is 4.19. The van der Waals surface area contributed by atoms with Crippen LogP contribution >= 0.6 is 23.2 Å². The van der Waals surface area contributed by atoms with Crippen LogP contribution in [0.1, 0.15) is 5.56 Å². The van der Waals surface area contributed by atoms with E-state index in [-0.39, 0.29) is 10.8 Å². The van der Waals surface area contributed by atoms with Crippen LogP contribution in [-0.2, 0) is 6.54 Å². The van der Waals surface area contributed by atoms with Crippen molar-refractivity contribution in [2.24, 2.45) is 0 Å². The molecule has 19 heavy (non-hydrogen) atoms. The highest BCUT2D eigenvalue weighted by atomic mass is 35.5. The van der Waals surface area contributed by atoms with Crippen molar-refractivity contribution in [3.63, 3.8) is 0 Å². The highest BCUT2D eigenvalue weighted by Gasteiger charge is 2.10. The van der Waals surface area contributed by atoms with Gasteiger partial charge in [0.15, 0.2) is 0 Å². The number of aromatic nitrogens is 1. The van der Waals surface area contributed by atoms with Crippen molar-refractivity contribution in [1.29, 1.82) is 0 Å². The van der Waals surface area contributed by atoms with Crippen molar-refractivity contribution in [3.05, 3.63) is 62.3 Å². The monoisotopic (exact) mass is 297 g/mol. The van der Waals surface area contributed by atoms with Gasteiger partial charge in [-0.2, -0.15) is 0 Å². The predicted molar refractivity (Wildman–Crippen MR) is 74.7 cm³/mol. The average Bonchev–Trinajstić information content (AvgIpc) is 2.36. The van der Waals surface area contributed by atoms with E-state index in [0.717, 1.165) is 5.56 Å². The van der Waals surface area contributed by atoms with Gasteiger partial charge in [0.05, 0.1) is 17.1 Å². The lowest BCUT2D eigenvalue weighted by Crippen LogP contribution is -2.02. The zero-order chi connectivity index (χ0) is 13.8. The highest BCUT2D eigenvalue weighted by molar-refractivity contribution is 6.30. The first-order valence-corrected chi connectivity index (χ1v) is 6.10. The van der Waals surface area contributed by atoms with Gasteiger partial charge in [0.1, 0.15) is 11.0 Å². The fourth-order valence-corrected chi connectivity index (χ4v) is 1.93. The second kappa shape index (κ2) is 5.86. The van der Waals surface area contributed by atoms with Gasteiger partial charge in [-0.05, 0) is 17.7 Å². The fourth-order valence-electron chi connectivity index (χ4n) is 1.52. The topological polar surface area (TPSA) is 68.1 Å². The van der Waals surface area contributed by atoms with E-state index in [1.54, 1.807) is 12.1 Å². The second-order valence-electron chi connectivity index (χ2n) is 3.77. The molecule has 7 heteroatoms. The highest BCUT2D eigenvalue weighted by Crippen LogP contribution is 2.21. The van der Waals surface area contributed by atoms with Crippen LogP contribution in [0.15, 0.2) is 36.4 Å². The van der Waals surface area contributed by atoms with E-state index in [0.29, 0.717) is 17.4 Å².